The van der Waals surface area contributed by atoms with Gasteiger partial charge in [0.25, 0.3) is 5.91 Å². The molecule has 3 rings (SSSR count). The number of hydrogen-bond donors (Lipinski definition) is 2. The van der Waals surface area contributed by atoms with Crippen LogP contribution in [-0.2, 0) is 16.1 Å². The van der Waals surface area contributed by atoms with Crippen molar-refractivity contribution in [3.05, 3.63) is 59.9 Å². The molecule has 0 atom stereocenters. The Kier molecular flexibility index (Phi) is 4.81. The topological polar surface area (TPSA) is 80.6 Å². The highest BCUT2D eigenvalue weighted by Gasteiger charge is 2.20. The maximum absolute atomic E-state index is 12.6. The van der Waals surface area contributed by atoms with Gasteiger partial charge in [-0.25, -0.2) is 0 Å². The number of nitrogens with one attached hydrogen (secondary N) is 2. The highest BCUT2D eigenvalue weighted by Crippen LogP contribution is 2.27. The molecule has 0 saturated carbocycles. The van der Waals surface area contributed by atoms with Crippen molar-refractivity contribution in [2.45, 2.75) is 13.5 Å². The monoisotopic (exact) mass is 338 g/mol. The smallest absolute Gasteiger partial charge is 0.291 e. The molecule has 0 fully saturated rings. The van der Waals surface area contributed by atoms with Crippen molar-refractivity contribution < 1.29 is 18.7 Å². The minimum atomic E-state index is -0.351. The number of carbonyl (C=O) groups excluding carboxylic acids is 2. The van der Waals surface area contributed by atoms with Crippen LogP contribution in [-0.4, -0.2) is 18.9 Å². The first-order chi connectivity index (χ1) is 12.1. The van der Waals surface area contributed by atoms with Crippen molar-refractivity contribution in [2.75, 3.05) is 17.7 Å². The molecule has 0 unspecified atom stereocenters. The molecule has 2 aromatic carbocycles. The largest absolute Gasteiger partial charge is 0.451 e. The Morgan fingerprint density at radius 3 is 2.28 bits per heavy atom. The minimum Gasteiger partial charge on any atom is -0.451 e. The fourth-order valence-electron chi connectivity index (χ4n) is 2.60. The van der Waals surface area contributed by atoms with Crippen LogP contribution in [0.25, 0.3) is 11.0 Å². The average molecular weight is 338 g/mol. The van der Waals surface area contributed by atoms with E-state index in [1.807, 2.05) is 24.3 Å². The number of benzene rings is 2. The Labute approximate surface area is 144 Å². The second-order valence-corrected chi connectivity index (χ2v) is 5.55. The summed E-state index contributed by atoms with van der Waals surface area (Å²) in [6, 6.07) is 14.3. The molecule has 2 N–H and O–H groups in total. The van der Waals surface area contributed by atoms with Gasteiger partial charge in [-0.05, 0) is 30.3 Å². The zero-order chi connectivity index (χ0) is 17.8. The second-order valence-electron chi connectivity index (χ2n) is 5.55. The van der Waals surface area contributed by atoms with Gasteiger partial charge in [0.1, 0.15) is 5.58 Å². The number of furan rings is 1. The van der Waals surface area contributed by atoms with E-state index in [0.717, 1.165) is 5.39 Å². The van der Waals surface area contributed by atoms with Crippen molar-refractivity contribution in [1.82, 2.24) is 0 Å². The molecule has 2 amide bonds. The first kappa shape index (κ1) is 16.7. The summed E-state index contributed by atoms with van der Waals surface area (Å²) in [6.07, 6.45) is 0. The van der Waals surface area contributed by atoms with Crippen LogP contribution in [0.15, 0.2) is 52.9 Å². The van der Waals surface area contributed by atoms with Crippen molar-refractivity contribution in [3.63, 3.8) is 0 Å². The van der Waals surface area contributed by atoms with Gasteiger partial charge < -0.3 is 19.8 Å². The summed E-state index contributed by atoms with van der Waals surface area (Å²) < 4.78 is 10.9. The third-order valence-electron chi connectivity index (χ3n) is 3.66. The van der Waals surface area contributed by atoms with E-state index in [0.29, 0.717) is 22.5 Å². The lowest BCUT2D eigenvalue weighted by atomic mass is 10.1. The van der Waals surface area contributed by atoms with Gasteiger partial charge in [0.2, 0.25) is 5.91 Å². The number of methoxy groups -OCH3 is 1. The predicted molar refractivity (Wildman–Crippen MR) is 95.6 cm³/mol. The van der Waals surface area contributed by atoms with Crippen LogP contribution in [0.4, 0.5) is 11.4 Å². The van der Waals surface area contributed by atoms with E-state index in [-0.39, 0.29) is 24.2 Å². The van der Waals surface area contributed by atoms with Gasteiger partial charge in [-0.1, -0.05) is 18.2 Å². The van der Waals surface area contributed by atoms with E-state index >= 15 is 0 Å². The number of rotatable bonds is 5. The lowest BCUT2D eigenvalue weighted by Gasteiger charge is -2.07. The van der Waals surface area contributed by atoms with Crippen LogP contribution < -0.4 is 10.6 Å². The number of fused-ring (bicyclic) bond motifs is 1. The van der Waals surface area contributed by atoms with Crippen LogP contribution in [0.2, 0.25) is 0 Å². The van der Waals surface area contributed by atoms with Crippen molar-refractivity contribution in [1.29, 1.82) is 0 Å². The summed E-state index contributed by atoms with van der Waals surface area (Å²) in [5.41, 5.74) is 2.61. The van der Waals surface area contributed by atoms with Gasteiger partial charge in [-0.2, -0.15) is 0 Å². The standard InChI is InChI=1S/C19H18N2O4/c1-12(22)20-13-7-9-14(10-8-13)21-19(23)18-16(11-24-2)15-5-3-4-6-17(15)25-18/h3-10H,11H2,1-2H3,(H,20,22)(H,21,23). The minimum absolute atomic E-state index is 0.150. The van der Waals surface area contributed by atoms with Crippen LogP contribution in [0.5, 0.6) is 0 Å². The molecule has 0 aliphatic rings. The fourth-order valence-corrected chi connectivity index (χ4v) is 2.60. The van der Waals surface area contributed by atoms with Gasteiger partial charge in [0.15, 0.2) is 5.76 Å². The van der Waals surface area contributed by atoms with Gasteiger partial charge in [-0.15, -0.1) is 0 Å². The number of carbonyl (C=O) groups is 2. The first-order valence-corrected chi connectivity index (χ1v) is 7.77. The van der Waals surface area contributed by atoms with Gasteiger partial charge >= 0.3 is 0 Å². The first-order valence-electron chi connectivity index (χ1n) is 7.77. The molecule has 6 heteroatoms. The highest BCUT2D eigenvalue weighted by molar-refractivity contribution is 6.06. The Morgan fingerprint density at radius 2 is 1.64 bits per heavy atom. The lowest BCUT2D eigenvalue weighted by molar-refractivity contribution is -0.114. The predicted octanol–water partition coefficient (Wildman–Crippen LogP) is 3.79. The van der Waals surface area contributed by atoms with Crippen molar-refractivity contribution in [3.8, 4) is 0 Å². The molecule has 0 aliphatic heterocycles. The molecule has 0 spiro atoms. The van der Waals surface area contributed by atoms with Gasteiger partial charge in [0, 0.05) is 36.4 Å². The van der Waals surface area contributed by atoms with Crippen molar-refractivity contribution in [2.24, 2.45) is 0 Å². The molecule has 3 aromatic rings. The molecule has 1 heterocycles. The van der Waals surface area contributed by atoms with E-state index < -0.39 is 0 Å². The van der Waals surface area contributed by atoms with Crippen LogP contribution in [0, 0.1) is 0 Å². The number of para-hydroxylation sites is 1. The normalized spacial score (nSPS) is 10.6. The van der Waals surface area contributed by atoms with Crippen LogP contribution >= 0.6 is 0 Å². The Morgan fingerprint density at radius 1 is 1.00 bits per heavy atom. The molecule has 128 valence electrons. The SMILES string of the molecule is COCc1c(C(=O)Nc2ccc(NC(C)=O)cc2)oc2ccccc12. The highest BCUT2D eigenvalue weighted by atomic mass is 16.5. The third kappa shape index (κ3) is 3.70. The number of anilines is 2. The summed E-state index contributed by atoms with van der Waals surface area (Å²) in [6.45, 7) is 1.72. The van der Waals surface area contributed by atoms with Crippen molar-refractivity contribution >= 4 is 34.2 Å². The quantitative estimate of drug-likeness (QED) is 0.742. The van der Waals surface area contributed by atoms with E-state index in [9.17, 15) is 9.59 Å². The number of hydrogen-bond acceptors (Lipinski definition) is 4. The van der Waals surface area contributed by atoms with Gasteiger partial charge in [0.05, 0.1) is 6.61 Å². The Hall–Kier alpha value is -3.12. The maximum Gasteiger partial charge on any atom is 0.291 e. The maximum atomic E-state index is 12.6. The van der Waals surface area contributed by atoms with E-state index in [1.165, 1.54) is 6.92 Å². The summed E-state index contributed by atoms with van der Waals surface area (Å²) in [5.74, 6) is -0.271. The molecule has 1 aromatic heterocycles. The van der Waals surface area contributed by atoms with E-state index in [2.05, 4.69) is 10.6 Å². The number of ether oxygens (including phenoxy) is 1. The second kappa shape index (κ2) is 7.19. The van der Waals surface area contributed by atoms with Crippen LogP contribution in [0.3, 0.4) is 0 Å². The molecule has 0 bridgehead atoms. The van der Waals surface area contributed by atoms with Crippen LogP contribution in [0.1, 0.15) is 23.0 Å². The van der Waals surface area contributed by atoms with Gasteiger partial charge in [-0.3, -0.25) is 9.59 Å². The zero-order valence-electron chi connectivity index (χ0n) is 14.0. The average Bonchev–Trinajstić information content (AvgIpc) is 2.96. The zero-order valence-corrected chi connectivity index (χ0v) is 14.0. The molecule has 0 radical (unpaired) electrons. The summed E-state index contributed by atoms with van der Waals surface area (Å²) >= 11 is 0. The molecule has 0 aliphatic carbocycles. The molecular formula is C19H18N2O4. The fraction of sp³-hybridized carbons (Fsp3) is 0.158. The Balaban J connectivity index is 1.84. The number of amides is 2. The summed E-state index contributed by atoms with van der Waals surface area (Å²) in [5, 5.41) is 6.33. The molecular weight excluding hydrogens is 320 g/mol. The van der Waals surface area contributed by atoms with E-state index in [4.69, 9.17) is 9.15 Å². The molecule has 25 heavy (non-hydrogen) atoms. The lowest BCUT2D eigenvalue weighted by Crippen LogP contribution is -2.13. The summed E-state index contributed by atoms with van der Waals surface area (Å²) in [7, 11) is 1.57. The third-order valence-corrected chi connectivity index (χ3v) is 3.66. The molecule has 0 saturated heterocycles. The van der Waals surface area contributed by atoms with E-state index in [1.54, 1.807) is 31.4 Å². The summed E-state index contributed by atoms with van der Waals surface area (Å²) in [4.78, 5) is 23.7. The Bertz CT molecular complexity index is 913. The molecule has 6 nitrogen and oxygen atoms in total.